The van der Waals surface area contributed by atoms with Crippen LogP contribution in [0.2, 0.25) is 0 Å². The summed E-state index contributed by atoms with van der Waals surface area (Å²) in [7, 11) is 0. The van der Waals surface area contributed by atoms with Gasteiger partial charge in [-0.1, -0.05) is 0 Å². The maximum absolute atomic E-state index is 10.5. The molecule has 0 aromatic rings. The van der Waals surface area contributed by atoms with Crippen molar-refractivity contribution >= 4 is 113 Å². The van der Waals surface area contributed by atoms with Crippen molar-refractivity contribution in [3.63, 3.8) is 0 Å². The Bertz CT molecular complexity index is 316. The van der Waals surface area contributed by atoms with Crippen LogP contribution in [0.15, 0.2) is 0 Å². The molecule has 0 aromatic heterocycles. The van der Waals surface area contributed by atoms with Crippen LogP contribution in [0, 0.1) is 0 Å². The van der Waals surface area contributed by atoms with Gasteiger partial charge in [0.25, 0.3) is 0 Å². The van der Waals surface area contributed by atoms with Gasteiger partial charge in [-0.25, -0.2) is 0 Å². The van der Waals surface area contributed by atoms with Gasteiger partial charge < -0.3 is 20.4 Å². The van der Waals surface area contributed by atoms with Crippen molar-refractivity contribution in [2.75, 3.05) is 32.8 Å². The SMILES string of the molecule is O=C(O)CN(CC(=O)O)CN(CC(=O)O)CC(=O)O.[Na].[Na].[Na]. The standard InChI is InChI=1S/C9H14N2O8.3Na/c12-6(13)1-10(2-7(14)15)5-11(3-8(16)17)4-9(18)19;;;/h1-5H2,(H,12,13)(H,14,15)(H,16,17)(H,18,19);;;. The van der Waals surface area contributed by atoms with E-state index in [2.05, 4.69) is 0 Å². The van der Waals surface area contributed by atoms with Gasteiger partial charge in [0.15, 0.2) is 0 Å². The van der Waals surface area contributed by atoms with Crippen molar-refractivity contribution in [2.45, 2.75) is 0 Å². The molecule has 10 nitrogen and oxygen atoms in total. The zero-order valence-electron chi connectivity index (χ0n) is 12.9. The topological polar surface area (TPSA) is 156 Å². The van der Waals surface area contributed by atoms with Gasteiger partial charge in [-0.3, -0.25) is 29.0 Å². The van der Waals surface area contributed by atoms with Crippen molar-refractivity contribution < 1.29 is 39.6 Å². The van der Waals surface area contributed by atoms with Crippen molar-refractivity contribution in [3.05, 3.63) is 0 Å². The van der Waals surface area contributed by atoms with Crippen molar-refractivity contribution in [3.8, 4) is 0 Å². The second kappa shape index (κ2) is 16.7. The zero-order chi connectivity index (χ0) is 15.0. The van der Waals surface area contributed by atoms with E-state index < -0.39 is 56.7 Å². The van der Waals surface area contributed by atoms with Gasteiger partial charge in [-0.2, -0.15) is 0 Å². The van der Waals surface area contributed by atoms with E-state index in [1.165, 1.54) is 0 Å². The molecule has 4 N–H and O–H groups in total. The summed E-state index contributed by atoms with van der Waals surface area (Å²) < 4.78 is 0. The number of rotatable bonds is 10. The van der Waals surface area contributed by atoms with Crippen molar-refractivity contribution in [1.82, 2.24) is 9.80 Å². The van der Waals surface area contributed by atoms with Crippen LogP contribution in [-0.2, 0) is 19.2 Å². The number of hydrogen-bond donors (Lipinski definition) is 4. The van der Waals surface area contributed by atoms with Crippen LogP contribution in [0.3, 0.4) is 0 Å². The first-order valence-electron chi connectivity index (χ1n) is 5.02. The Morgan fingerprint density at radius 2 is 0.727 bits per heavy atom. The summed E-state index contributed by atoms with van der Waals surface area (Å²) in [5, 5.41) is 34.4. The van der Waals surface area contributed by atoms with Crippen LogP contribution in [0.1, 0.15) is 0 Å². The quantitative estimate of drug-likeness (QED) is 0.234. The van der Waals surface area contributed by atoms with Gasteiger partial charge in [-0.05, 0) is 0 Å². The molecule has 0 heterocycles. The molecular formula is C9H14N2Na3O8. The number of carboxylic acid groups (broad SMARTS) is 4. The normalized spacial score (nSPS) is 9.18. The monoisotopic (exact) mass is 347 g/mol. The van der Waals surface area contributed by atoms with E-state index in [0.29, 0.717) is 0 Å². The first kappa shape index (κ1) is 30.7. The van der Waals surface area contributed by atoms with E-state index in [9.17, 15) is 19.2 Å². The zero-order valence-corrected chi connectivity index (χ0v) is 18.9. The Morgan fingerprint density at radius 1 is 0.545 bits per heavy atom. The molecule has 0 spiro atoms. The van der Waals surface area contributed by atoms with Gasteiger partial charge in [-0.15, -0.1) is 0 Å². The predicted octanol–water partition coefficient (Wildman–Crippen LogP) is -3.26. The largest absolute Gasteiger partial charge is 0.480 e. The Balaban J connectivity index is -0.000000540. The maximum Gasteiger partial charge on any atom is 0.317 e. The first-order chi connectivity index (χ1) is 8.70. The molecule has 0 aliphatic rings. The minimum atomic E-state index is -1.30. The van der Waals surface area contributed by atoms with Crippen molar-refractivity contribution in [2.24, 2.45) is 0 Å². The fraction of sp³-hybridized carbons (Fsp3) is 0.556. The molecular weight excluding hydrogens is 333 g/mol. The summed E-state index contributed by atoms with van der Waals surface area (Å²) in [5.74, 6) is -5.20. The summed E-state index contributed by atoms with van der Waals surface area (Å²) in [6, 6.07) is 0. The Labute approximate surface area is 192 Å². The minimum absolute atomic E-state index is 0. The van der Waals surface area contributed by atoms with Crippen molar-refractivity contribution in [1.29, 1.82) is 0 Å². The molecule has 0 rings (SSSR count). The first-order valence-corrected chi connectivity index (χ1v) is 5.02. The smallest absolute Gasteiger partial charge is 0.317 e. The summed E-state index contributed by atoms with van der Waals surface area (Å²) in [6.45, 7) is -2.94. The van der Waals surface area contributed by atoms with E-state index in [-0.39, 0.29) is 88.7 Å². The fourth-order valence-electron chi connectivity index (χ4n) is 1.36. The average molecular weight is 347 g/mol. The van der Waals surface area contributed by atoms with Crippen LogP contribution >= 0.6 is 0 Å². The molecule has 0 bridgehead atoms. The van der Waals surface area contributed by atoms with E-state index in [1.807, 2.05) is 0 Å². The summed E-state index contributed by atoms with van der Waals surface area (Å²) in [5.41, 5.74) is 0. The van der Waals surface area contributed by atoms with E-state index >= 15 is 0 Å². The van der Waals surface area contributed by atoms with Gasteiger partial charge >= 0.3 is 23.9 Å². The van der Waals surface area contributed by atoms with Crippen LogP contribution in [-0.4, -0.2) is 176 Å². The molecule has 0 amide bonds. The third kappa shape index (κ3) is 18.8. The van der Waals surface area contributed by atoms with Gasteiger partial charge in [0.05, 0.1) is 32.8 Å². The number of nitrogens with zero attached hydrogens (tertiary/aromatic N) is 2. The predicted molar refractivity (Wildman–Crippen MR) is 75.8 cm³/mol. The molecule has 111 valence electrons. The van der Waals surface area contributed by atoms with Crippen LogP contribution < -0.4 is 0 Å². The molecule has 0 unspecified atom stereocenters. The molecule has 0 saturated carbocycles. The average Bonchev–Trinajstić information content (AvgIpc) is 2.11. The van der Waals surface area contributed by atoms with E-state index in [0.717, 1.165) is 9.80 Å². The molecule has 0 aliphatic heterocycles. The van der Waals surface area contributed by atoms with Crippen LogP contribution in [0.25, 0.3) is 0 Å². The molecule has 0 fully saturated rings. The second-order valence-corrected chi connectivity index (χ2v) is 3.69. The summed E-state index contributed by atoms with van der Waals surface area (Å²) in [4.78, 5) is 44.0. The van der Waals surface area contributed by atoms with Crippen LogP contribution in [0.4, 0.5) is 0 Å². The number of aliphatic carboxylic acids is 4. The van der Waals surface area contributed by atoms with E-state index in [4.69, 9.17) is 20.4 Å². The van der Waals surface area contributed by atoms with Gasteiger partial charge in [0.1, 0.15) is 0 Å². The third-order valence-electron chi connectivity index (χ3n) is 1.84. The molecule has 22 heavy (non-hydrogen) atoms. The third-order valence-corrected chi connectivity index (χ3v) is 1.84. The number of carbonyl (C=O) groups is 4. The Hall–Kier alpha value is 0.800. The molecule has 0 aromatic carbocycles. The number of carboxylic acids is 4. The fourth-order valence-corrected chi connectivity index (χ4v) is 1.36. The Kier molecular flexibility index (Phi) is 23.2. The van der Waals surface area contributed by atoms with Crippen LogP contribution in [0.5, 0.6) is 0 Å². The molecule has 0 atom stereocenters. The molecule has 0 aliphatic carbocycles. The van der Waals surface area contributed by atoms with Gasteiger partial charge in [0, 0.05) is 88.7 Å². The Morgan fingerprint density at radius 3 is 0.864 bits per heavy atom. The summed E-state index contributed by atoms with van der Waals surface area (Å²) in [6.07, 6.45) is 0. The minimum Gasteiger partial charge on any atom is -0.480 e. The van der Waals surface area contributed by atoms with E-state index in [1.54, 1.807) is 0 Å². The maximum atomic E-state index is 10.5. The second-order valence-electron chi connectivity index (χ2n) is 3.69. The summed E-state index contributed by atoms with van der Waals surface area (Å²) >= 11 is 0. The van der Waals surface area contributed by atoms with Gasteiger partial charge in [0.2, 0.25) is 0 Å². The molecule has 3 radical (unpaired) electrons. The molecule has 13 heteroatoms. The molecule has 0 saturated heterocycles. The number of hydrogen-bond acceptors (Lipinski definition) is 6.